The molecule has 162 valence electrons. The maximum atomic E-state index is 11.3. The first-order valence-corrected chi connectivity index (χ1v) is 10.1. The van der Waals surface area contributed by atoms with Crippen molar-refractivity contribution >= 4 is 29.1 Å². The molecule has 0 saturated heterocycles. The van der Waals surface area contributed by atoms with Crippen molar-refractivity contribution in [2.45, 2.75) is 33.7 Å². The molecule has 0 aliphatic heterocycles. The van der Waals surface area contributed by atoms with Crippen LogP contribution >= 0.6 is 12.4 Å². The number of halogens is 1. The van der Waals surface area contributed by atoms with Crippen molar-refractivity contribution in [3.8, 4) is 5.75 Å². The van der Waals surface area contributed by atoms with Crippen molar-refractivity contribution in [2.75, 3.05) is 26.2 Å². The monoisotopic (exact) mass is 432 g/mol. The van der Waals surface area contributed by atoms with Crippen LogP contribution in [0.25, 0.3) is 11.0 Å². The summed E-state index contributed by atoms with van der Waals surface area (Å²) in [6.45, 7) is 10.4. The Bertz CT molecular complexity index is 968. The largest absolute Gasteiger partial charge is 0.494 e. The Hall–Kier alpha value is -2.64. The van der Waals surface area contributed by atoms with E-state index in [9.17, 15) is 10.1 Å². The van der Waals surface area contributed by atoms with Crippen LogP contribution in [0.5, 0.6) is 5.75 Å². The molecule has 0 bridgehead atoms. The van der Waals surface area contributed by atoms with E-state index in [0.29, 0.717) is 13.0 Å². The summed E-state index contributed by atoms with van der Waals surface area (Å²) in [6.07, 6.45) is 0.660. The minimum Gasteiger partial charge on any atom is -0.494 e. The summed E-state index contributed by atoms with van der Waals surface area (Å²) in [5, 5.41) is 11.3. The number of nitrogens with zero attached hydrogens (tertiary/aromatic N) is 4. The van der Waals surface area contributed by atoms with E-state index in [1.54, 1.807) is 12.1 Å². The number of benzene rings is 2. The molecule has 7 nitrogen and oxygen atoms in total. The van der Waals surface area contributed by atoms with Gasteiger partial charge in [-0.2, -0.15) is 0 Å². The minimum absolute atomic E-state index is 0. The number of nitro groups is 1. The Balaban J connectivity index is 0.00000320. The van der Waals surface area contributed by atoms with Gasteiger partial charge >= 0.3 is 0 Å². The fourth-order valence-electron chi connectivity index (χ4n) is 3.49. The molecule has 30 heavy (non-hydrogen) atoms. The zero-order chi connectivity index (χ0) is 20.8. The summed E-state index contributed by atoms with van der Waals surface area (Å²) < 4.78 is 7.64. The average molecular weight is 433 g/mol. The molecule has 8 heteroatoms. The van der Waals surface area contributed by atoms with Crippen molar-refractivity contribution in [2.24, 2.45) is 0 Å². The highest BCUT2D eigenvalue weighted by Crippen LogP contribution is 2.24. The molecule has 0 aliphatic rings. The van der Waals surface area contributed by atoms with Crippen LogP contribution in [-0.4, -0.2) is 45.6 Å². The van der Waals surface area contributed by atoms with Crippen molar-refractivity contribution < 1.29 is 9.66 Å². The third-order valence-corrected chi connectivity index (χ3v) is 5.15. The van der Waals surface area contributed by atoms with E-state index in [-0.39, 0.29) is 23.0 Å². The van der Waals surface area contributed by atoms with E-state index in [0.717, 1.165) is 54.3 Å². The number of non-ortho nitro benzene ring substituents is 1. The SMILES string of the molecule is CCOc1ccc(Cc2nc3ccc([N+](=O)[O-])cc3n2CCN(CC)CC)cc1.Cl. The van der Waals surface area contributed by atoms with Crippen LogP contribution in [0.15, 0.2) is 42.5 Å². The van der Waals surface area contributed by atoms with E-state index in [1.807, 2.05) is 31.2 Å². The van der Waals surface area contributed by atoms with Gasteiger partial charge in [0.05, 0.1) is 22.6 Å². The van der Waals surface area contributed by atoms with Gasteiger partial charge in [0, 0.05) is 31.6 Å². The Morgan fingerprint density at radius 2 is 1.80 bits per heavy atom. The van der Waals surface area contributed by atoms with Crippen LogP contribution < -0.4 is 4.74 Å². The predicted octanol–water partition coefficient (Wildman–Crippen LogP) is 4.70. The summed E-state index contributed by atoms with van der Waals surface area (Å²) in [7, 11) is 0. The molecule has 3 aromatic rings. The van der Waals surface area contributed by atoms with E-state index in [1.165, 1.54) is 6.07 Å². The van der Waals surface area contributed by atoms with E-state index < -0.39 is 0 Å². The summed E-state index contributed by atoms with van der Waals surface area (Å²) in [5.74, 6) is 1.76. The lowest BCUT2D eigenvalue weighted by Crippen LogP contribution is -2.27. The highest BCUT2D eigenvalue weighted by molar-refractivity contribution is 5.85. The topological polar surface area (TPSA) is 73.4 Å². The van der Waals surface area contributed by atoms with Gasteiger partial charge in [0.1, 0.15) is 11.6 Å². The molecule has 0 aliphatic carbocycles. The number of aromatic nitrogens is 2. The number of ether oxygens (including phenoxy) is 1. The number of likely N-dealkylation sites (N-methyl/N-ethyl adjacent to an activating group) is 1. The lowest BCUT2D eigenvalue weighted by Gasteiger charge is -2.19. The minimum atomic E-state index is -0.354. The van der Waals surface area contributed by atoms with Gasteiger partial charge in [0.2, 0.25) is 0 Å². The Morgan fingerprint density at radius 3 is 2.40 bits per heavy atom. The van der Waals surface area contributed by atoms with Crippen molar-refractivity contribution in [1.82, 2.24) is 14.5 Å². The first kappa shape index (κ1) is 23.6. The van der Waals surface area contributed by atoms with Crippen LogP contribution in [0.4, 0.5) is 5.69 Å². The highest BCUT2D eigenvalue weighted by Gasteiger charge is 2.16. The van der Waals surface area contributed by atoms with Gasteiger partial charge in [0.25, 0.3) is 5.69 Å². The molecular formula is C22H29ClN4O3. The van der Waals surface area contributed by atoms with Crippen molar-refractivity contribution in [1.29, 1.82) is 0 Å². The van der Waals surface area contributed by atoms with Crippen LogP contribution in [-0.2, 0) is 13.0 Å². The second-order valence-electron chi connectivity index (χ2n) is 6.89. The maximum absolute atomic E-state index is 11.3. The smallest absolute Gasteiger partial charge is 0.271 e. The summed E-state index contributed by atoms with van der Waals surface area (Å²) in [4.78, 5) is 18.0. The molecular weight excluding hydrogens is 404 g/mol. The third-order valence-electron chi connectivity index (χ3n) is 5.15. The van der Waals surface area contributed by atoms with E-state index in [4.69, 9.17) is 9.72 Å². The first-order chi connectivity index (χ1) is 14.0. The molecule has 2 aromatic carbocycles. The molecule has 1 heterocycles. The first-order valence-electron chi connectivity index (χ1n) is 10.1. The second-order valence-corrected chi connectivity index (χ2v) is 6.89. The van der Waals surface area contributed by atoms with Crippen LogP contribution in [0.2, 0.25) is 0 Å². The van der Waals surface area contributed by atoms with E-state index in [2.05, 4.69) is 23.3 Å². The lowest BCUT2D eigenvalue weighted by atomic mass is 10.1. The van der Waals surface area contributed by atoms with Gasteiger partial charge in [0.15, 0.2) is 0 Å². The molecule has 0 saturated carbocycles. The van der Waals surface area contributed by atoms with Crippen molar-refractivity contribution in [3.63, 3.8) is 0 Å². The molecule has 0 N–H and O–H groups in total. The Kier molecular flexibility index (Phi) is 8.62. The number of hydrogen-bond acceptors (Lipinski definition) is 5. The summed E-state index contributed by atoms with van der Waals surface area (Å²) >= 11 is 0. The van der Waals surface area contributed by atoms with Gasteiger partial charge in [-0.1, -0.05) is 26.0 Å². The lowest BCUT2D eigenvalue weighted by molar-refractivity contribution is -0.384. The molecule has 0 radical (unpaired) electrons. The maximum Gasteiger partial charge on any atom is 0.271 e. The molecule has 0 fully saturated rings. The highest BCUT2D eigenvalue weighted by atomic mass is 35.5. The number of hydrogen-bond donors (Lipinski definition) is 0. The van der Waals surface area contributed by atoms with Crippen LogP contribution in [0.3, 0.4) is 0 Å². The Morgan fingerprint density at radius 1 is 1.10 bits per heavy atom. The number of nitro benzene ring substituents is 1. The fraction of sp³-hybridized carbons (Fsp3) is 0.409. The molecule has 1 aromatic heterocycles. The van der Waals surface area contributed by atoms with Gasteiger partial charge in [-0.3, -0.25) is 10.1 Å². The van der Waals surface area contributed by atoms with Gasteiger partial charge in [-0.25, -0.2) is 4.98 Å². The molecule has 0 atom stereocenters. The second kappa shape index (κ2) is 10.9. The zero-order valence-corrected chi connectivity index (χ0v) is 18.5. The molecule has 0 spiro atoms. The van der Waals surface area contributed by atoms with Crippen molar-refractivity contribution in [3.05, 3.63) is 64.0 Å². The molecule has 3 rings (SSSR count). The fourth-order valence-corrected chi connectivity index (χ4v) is 3.49. The van der Waals surface area contributed by atoms with Gasteiger partial charge in [-0.05, 0) is 43.8 Å². The Labute approximate surface area is 183 Å². The molecule has 0 unspecified atom stereocenters. The normalized spacial score (nSPS) is 10.9. The quantitative estimate of drug-likeness (QED) is 0.343. The standard InChI is InChI=1S/C22H28N4O3.ClH/c1-4-24(5-2)13-14-25-21-16-18(26(27)28)9-12-20(21)23-22(25)15-17-7-10-19(11-8-17)29-6-3;/h7-12,16H,4-6,13-15H2,1-3H3;1H. The summed E-state index contributed by atoms with van der Waals surface area (Å²) in [5.41, 5.74) is 2.82. The van der Waals surface area contributed by atoms with Crippen LogP contribution in [0.1, 0.15) is 32.2 Å². The zero-order valence-electron chi connectivity index (χ0n) is 17.7. The predicted molar refractivity (Wildman–Crippen MR) is 122 cm³/mol. The number of rotatable bonds is 10. The van der Waals surface area contributed by atoms with Gasteiger partial charge in [-0.15, -0.1) is 12.4 Å². The molecule has 0 amide bonds. The summed E-state index contributed by atoms with van der Waals surface area (Å²) in [6, 6.07) is 12.9. The van der Waals surface area contributed by atoms with Crippen LogP contribution in [0, 0.1) is 10.1 Å². The van der Waals surface area contributed by atoms with Gasteiger partial charge < -0.3 is 14.2 Å². The van der Waals surface area contributed by atoms with E-state index >= 15 is 0 Å². The number of fused-ring (bicyclic) bond motifs is 1. The average Bonchev–Trinajstić information content (AvgIpc) is 3.06. The third kappa shape index (κ3) is 5.49. The number of imidazole rings is 1.